The minimum atomic E-state index is -0.231. The van der Waals surface area contributed by atoms with E-state index >= 15 is 0 Å². The van der Waals surface area contributed by atoms with Gasteiger partial charge in [-0.2, -0.15) is 0 Å². The average Bonchev–Trinajstić information content (AvgIpc) is 3.09. The Bertz CT molecular complexity index is 753. The highest BCUT2D eigenvalue weighted by Gasteiger charge is 2.35. The van der Waals surface area contributed by atoms with Gasteiger partial charge in [0, 0.05) is 11.3 Å². The molecule has 2 aliphatic rings. The van der Waals surface area contributed by atoms with Crippen molar-refractivity contribution in [2.45, 2.75) is 38.0 Å². The number of hydrogen-bond donors (Lipinski definition) is 2. The van der Waals surface area contributed by atoms with Crippen molar-refractivity contribution in [2.24, 2.45) is 4.99 Å². The number of H-pyrrole nitrogens is 1. The number of amides is 1. The second kappa shape index (κ2) is 5.13. The van der Waals surface area contributed by atoms with E-state index in [0.717, 1.165) is 24.1 Å². The Hall–Kier alpha value is -2.36. The SMILES string of the molecule is O=C1N=C(c2ccccc2)c2c(O)[nH]c(C3CCCCC3)c21. The maximum absolute atomic E-state index is 12.4. The van der Waals surface area contributed by atoms with Gasteiger partial charge in [0.15, 0.2) is 5.88 Å². The zero-order valence-electron chi connectivity index (χ0n) is 12.3. The second-order valence-electron chi connectivity index (χ2n) is 6.10. The first-order valence-electron chi connectivity index (χ1n) is 7.89. The van der Waals surface area contributed by atoms with Crippen molar-refractivity contribution in [2.75, 3.05) is 0 Å². The molecule has 4 nitrogen and oxygen atoms in total. The largest absolute Gasteiger partial charge is 0.494 e. The molecule has 2 aromatic rings. The molecule has 22 heavy (non-hydrogen) atoms. The summed E-state index contributed by atoms with van der Waals surface area (Å²) < 4.78 is 0. The number of aromatic hydroxyl groups is 1. The molecule has 0 radical (unpaired) electrons. The lowest BCUT2D eigenvalue weighted by atomic mass is 9.85. The van der Waals surface area contributed by atoms with Gasteiger partial charge in [-0.25, -0.2) is 4.99 Å². The topological polar surface area (TPSA) is 65.4 Å². The maximum atomic E-state index is 12.4. The first-order chi connectivity index (χ1) is 10.8. The van der Waals surface area contributed by atoms with Crippen molar-refractivity contribution in [3.8, 4) is 5.88 Å². The quantitative estimate of drug-likeness (QED) is 0.885. The lowest BCUT2D eigenvalue weighted by molar-refractivity contribution is 0.100. The van der Waals surface area contributed by atoms with E-state index in [9.17, 15) is 9.90 Å². The van der Waals surface area contributed by atoms with Crippen LogP contribution in [0, 0.1) is 0 Å². The van der Waals surface area contributed by atoms with Gasteiger partial charge in [-0.05, 0) is 18.8 Å². The molecule has 1 fully saturated rings. The maximum Gasteiger partial charge on any atom is 0.280 e. The Kier molecular flexibility index (Phi) is 3.10. The van der Waals surface area contributed by atoms with Crippen molar-refractivity contribution >= 4 is 11.6 Å². The first-order valence-corrected chi connectivity index (χ1v) is 7.89. The average molecular weight is 294 g/mol. The summed E-state index contributed by atoms with van der Waals surface area (Å²) in [5, 5.41) is 10.3. The van der Waals surface area contributed by atoms with Crippen molar-refractivity contribution in [1.82, 2.24) is 4.98 Å². The summed E-state index contributed by atoms with van der Waals surface area (Å²) in [4.78, 5) is 19.7. The molecule has 1 aromatic heterocycles. The van der Waals surface area contributed by atoms with Crippen LogP contribution in [-0.4, -0.2) is 21.7 Å². The summed E-state index contributed by atoms with van der Waals surface area (Å²) >= 11 is 0. The minimum absolute atomic E-state index is 0.0732. The number of aliphatic imine (C=N–C) groups is 1. The Morgan fingerprint density at radius 2 is 1.77 bits per heavy atom. The minimum Gasteiger partial charge on any atom is -0.494 e. The molecule has 0 spiro atoms. The van der Waals surface area contributed by atoms with Crippen molar-refractivity contribution in [1.29, 1.82) is 0 Å². The molecular weight excluding hydrogens is 276 g/mol. The van der Waals surface area contributed by atoms with Gasteiger partial charge in [0.25, 0.3) is 5.91 Å². The number of carbonyl (C=O) groups excluding carboxylic acids is 1. The normalized spacial score (nSPS) is 18.4. The molecule has 1 saturated carbocycles. The van der Waals surface area contributed by atoms with Crippen LogP contribution in [0.2, 0.25) is 0 Å². The van der Waals surface area contributed by atoms with Gasteiger partial charge in [0.05, 0.1) is 16.8 Å². The van der Waals surface area contributed by atoms with Crippen LogP contribution < -0.4 is 0 Å². The van der Waals surface area contributed by atoms with E-state index in [0.29, 0.717) is 22.8 Å². The monoisotopic (exact) mass is 294 g/mol. The number of nitrogens with one attached hydrogen (secondary N) is 1. The zero-order chi connectivity index (χ0) is 15.1. The van der Waals surface area contributed by atoms with Gasteiger partial charge < -0.3 is 10.1 Å². The lowest BCUT2D eigenvalue weighted by Crippen LogP contribution is -2.08. The highest BCUT2D eigenvalue weighted by molar-refractivity contribution is 6.29. The first kappa shape index (κ1) is 13.3. The molecule has 1 aromatic carbocycles. The van der Waals surface area contributed by atoms with Crippen molar-refractivity contribution in [3.63, 3.8) is 0 Å². The molecule has 0 unspecified atom stereocenters. The van der Waals surface area contributed by atoms with Crippen LogP contribution in [0.3, 0.4) is 0 Å². The number of aromatic nitrogens is 1. The number of fused-ring (bicyclic) bond motifs is 1. The number of nitrogens with zero attached hydrogens (tertiary/aromatic N) is 1. The highest BCUT2D eigenvalue weighted by Crippen LogP contribution is 2.40. The van der Waals surface area contributed by atoms with E-state index in [1.165, 1.54) is 19.3 Å². The molecule has 1 amide bonds. The van der Waals surface area contributed by atoms with Gasteiger partial charge in [-0.3, -0.25) is 4.79 Å². The third-order valence-corrected chi connectivity index (χ3v) is 4.73. The van der Waals surface area contributed by atoms with Gasteiger partial charge in [-0.15, -0.1) is 0 Å². The molecule has 1 aliphatic heterocycles. The van der Waals surface area contributed by atoms with Crippen LogP contribution in [0.15, 0.2) is 35.3 Å². The predicted molar refractivity (Wildman–Crippen MR) is 84.7 cm³/mol. The lowest BCUT2D eigenvalue weighted by Gasteiger charge is -2.21. The Labute approximate surface area is 128 Å². The van der Waals surface area contributed by atoms with E-state index < -0.39 is 0 Å². The fourth-order valence-corrected chi connectivity index (χ4v) is 3.67. The van der Waals surface area contributed by atoms with E-state index in [1.54, 1.807) is 0 Å². The van der Waals surface area contributed by atoms with Crippen LogP contribution in [0.4, 0.5) is 0 Å². The molecule has 112 valence electrons. The van der Waals surface area contributed by atoms with E-state index in [4.69, 9.17) is 0 Å². The molecule has 2 heterocycles. The van der Waals surface area contributed by atoms with Crippen LogP contribution >= 0.6 is 0 Å². The Balaban J connectivity index is 1.81. The standard InChI is InChI=1S/C18H18N2O2/c21-17-13-14(16(20-17)12-9-5-2-6-10-12)18(22)19-15(13)11-7-3-1-4-8-11/h1,3-4,7-8,12,20-21H,2,5-6,9-10H2. The van der Waals surface area contributed by atoms with Crippen LogP contribution in [0.25, 0.3) is 0 Å². The second-order valence-corrected chi connectivity index (χ2v) is 6.10. The summed E-state index contributed by atoms with van der Waals surface area (Å²) in [5.41, 5.74) is 3.49. The van der Waals surface area contributed by atoms with Gasteiger partial charge in [-0.1, -0.05) is 49.6 Å². The summed E-state index contributed by atoms with van der Waals surface area (Å²) in [6.07, 6.45) is 5.76. The van der Waals surface area contributed by atoms with Crippen LogP contribution in [0.1, 0.15) is 65.2 Å². The third kappa shape index (κ3) is 1.98. The van der Waals surface area contributed by atoms with Crippen molar-refractivity contribution < 1.29 is 9.90 Å². The van der Waals surface area contributed by atoms with Gasteiger partial charge in [0.2, 0.25) is 0 Å². The number of hydrogen-bond acceptors (Lipinski definition) is 2. The molecule has 0 saturated heterocycles. The van der Waals surface area contributed by atoms with Crippen molar-refractivity contribution in [3.05, 3.63) is 52.7 Å². The summed E-state index contributed by atoms with van der Waals surface area (Å²) in [7, 11) is 0. The number of aromatic amines is 1. The van der Waals surface area contributed by atoms with E-state index in [2.05, 4.69) is 9.98 Å². The number of benzene rings is 1. The molecule has 0 bridgehead atoms. The summed E-state index contributed by atoms with van der Waals surface area (Å²) in [6, 6.07) is 9.56. The molecule has 2 N–H and O–H groups in total. The summed E-state index contributed by atoms with van der Waals surface area (Å²) in [6.45, 7) is 0. The Morgan fingerprint density at radius 3 is 2.50 bits per heavy atom. The zero-order valence-corrected chi connectivity index (χ0v) is 12.3. The molecule has 1 aliphatic carbocycles. The van der Waals surface area contributed by atoms with Gasteiger partial charge in [0.1, 0.15) is 0 Å². The van der Waals surface area contributed by atoms with Gasteiger partial charge >= 0.3 is 0 Å². The molecule has 4 rings (SSSR count). The predicted octanol–water partition coefficient (Wildman–Crippen LogP) is 3.76. The highest BCUT2D eigenvalue weighted by atomic mass is 16.3. The Morgan fingerprint density at radius 1 is 1.05 bits per heavy atom. The molecule has 4 heteroatoms. The molecule has 0 atom stereocenters. The van der Waals surface area contributed by atoms with E-state index in [-0.39, 0.29) is 11.8 Å². The van der Waals surface area contributed by atoms with Crippen LogP contribution in [-0.2, 0) is 0 Å². The summed E-state index contributed by atoms with van der Waals surface area (Å²) in [5.74, 6) is 0.174. The van der Waals surface area contributed by atoms with E-state index in [1.807, 2.05) is 30.3 Å². The fourth-order valence-electron chi connectivity index (χ4n) is 3.67. The number of rotatable bonds is 2. The molecular formula is C18H18N2O2. The number of carbonyl (C=O) groups is 1. The fraction of sp³-hybridized carbons (Fsp3) is 0.333. The van der Waals surface area contributed by atoms with Crippen LogP contribution in [0.5, 0.6) is 5.88 Å². The third-order valence-electron chi connectivity index (χ3n) is 4.73. The smallest absolute Gasteiger partial charge is 0.280 e.